The normalized spacial score (nSPS) is 12.0. The summed E-state index contributed by atoms with van der Waals surface area (Å²) in [5, 5.41) is 13.6. The third-order valence-electron chi connectivity index (χ3n) is 4.05. The van der Waals surface area contributed by atoms with Crippen molar-refractivity contribution in [1.82, 2.24) is 0 Å². The number of thiocyanates is 1. The lowest BCUT2D eigenvalue weighted by Gasteiger charge is -2.18. The van der Waals surface area contributed by atoms with Crippen molar-refractivity contribution in [2.24, 2.45) is 0 Å². The van der Waals surface area contributed by atoms with Crippen LogP contribution in [0.3, 0.4) is 0 Å². The van der Waals surface area contributed by atoms with Crippen LogP contribution in [0.5, 0.6) is 11.5 Å². The highest BCUT2D eigenvalue weighted by atomic mass is 32.2. The minimum absolute atomic E-state index is 0.280. The van der Waals surface area contributed by atoms with Crippen molar-refractivity contribution in [3.63, 3.8) is 0 Å². The highest BCUT2D eigenvalue weighted by Gasteiger charge is 2.17. The molecule has 0 fully saturated rings. The van der Waals surface area contributed by atoms with Gasteiger partial charge in [0.25, 0.3) is 5.91 Å². The molecule has 0 saturated carbocycles. The molecule has 2 aromatic rings. The van der Waals surface area contributed by atoms with Crippen LogP contribution in [-0.2, 0) is 9.53 Å². The Balaban J connectivity index is 1.60. The Bertz CT molecular complexity index is 945. The first-order valence-electron chi connectivity index (χ1n) is 8.51. The van der Waals surface area contributed by atoms with Gasteiger partial charge in [0.1, 0.15) is 18.6 Å². The molecule has 0 radical (unpaired) electrons. The van der Waals surface area contributed by atoms with Crippen LogP contribution >= 0.6 is 11.8 Å². The van der Waals surface area contributed by atoms with Crippen molar-refractivity contribution >= 4 is 29.3 Å². The zero-order valence-corrected chi connectivity index (χ0v) is 16.2. The van der Waals surface area contributed by atoms with Gasteiger partial charge < -0.3 is 19.5 Å². The maximum atomic E-state index is 12.2. The summed E-state index contributed by atoms with van der Waals surface area (Å²) in [5.74, 6) is -0.0182. The highest BCUT2D eigenvalue weighted by Crippen LogP contribution is 2.31. The van der Waals surface area contributed by atoms with Crippen LogP contribution in [0.4, 0.5) is 5.69 Å². The van der Waals surface area contributed by atoms with E-state index in [0.717, 1.165) is 27.8 Å². The maximum absolute atomic E-state index is 12.2. The van der Waals surface area contributed by atoms with Crippen LogP contribution in [0.15, 0.2) is 35.2 Å². The van der Waals surface area contributed by atoms with E-state index in [4.69, 9.17) is 19.5 Å². The number of carbonyl (C=O) groups is 2. The molecule has 1 N–H and O–H groups in total. The van der Waals surface area contributed by atoms with Gasteiger partial charge in [0.15, 0.2) is 18.1 Å². The fraction of sp³-hybridized carbons (Fsp3) is 0.250. The fourth-order valence-electron chi connectivity index (χ4n) is 2.79. The SMILES string of the molecule is Cc1cc(SC#N)cc(C)c1NC(=O)COC(=O)c1ccc2c(c1)OCCO2. The number of thioether (sulfide) groups is 1. The van der Waals surface area contributed by atoms with Crippen molar-refractivity contribution in [1.29, 1.82) is 5.26 Å². The molecular weight excluding hydrogens is 380 g/mol. The lowest BCUT2D eigenvalue weighted by molar-refractivity contribution is -0.119. The second kappa shape index (κ2) is 8.67. The zero-order valence-electron chi connectivity index (χ0n) is 15.4. The van der Waals surface area contributed by atoms with Gasteiger partial charge in [-0.3, -0.25) is 4.79 Å². The Morgan fingerprint density at radius 1 is 1.14 bits per heavy atom. The van der Waals surface area contributed by atoms with Crippen molar-refractivity contribution in [2.45, 2.75) is 18.7 Å². The quantitative estimate of drug-likeness (QED) is 0.468. The second-order valence-corrected chi connectivity index (χ2v) is 6.97. The molecule has 8 heteroatoms. The van der Waals surface area contributed by atoms with Crippen LogP contribution in [0.25, 0.3) is 0 Å². The zero-order chi connectivity index (χ0) is 20.1. The summed E-state index contributed by atoms with van der Waals surface area (Å²) in [7, 11) is 0. The first-order chi connectivity index (χ1) is 13.5. The monoisotopic (exact) mass is 398 g/mol. The van der Waals surface area contributed by atoms with Crippen molar-refractivity contribution in [3.8, 4) is 16.9 Å². The molecule has 0 aromatic heterocycles. The van der Waals surface area contributed by atoms with Gasteiger partial charge in [-0.15, -0.1) is 0 Å². The molecular formula is C20H18N2O5S. The Hall–Kier alpha value is -3.18. The van der Waals surface area contributed by atoms with Gasteiger partial charge in [-0.1, -0.05) is 0 Å². The van der Waals surface area contributed by atoms with Gasteiger partial charge in [0.2, 0.25) is 0 Å². The van der Waals surface area contributed by atoms with Crippen LogP contribution < -0.4 is 14.8 Å². The number of nitrogens with zero attached hydrogens (tertiary/aromatic N) is 1. The van der Waals surface area contributed by atoms with Gasteiger partial charge in [-0.2, -0.15) is 5.26 Å². The molecule has 0 saturated heterocycles. The third kappa shape index (κ3) is 4.56. The number of amides is 1. The first kappa shape index (κ1) is 19.6. The van der Waals surface area contributed by atoms with E-state index >= 15 is 0 Å². The average Bonchev–Trinajstić information content (AvgIpc) is 2.69. The molecule has 144 valence electrons. The topological polar surface area (TPSA) is 97.7 Å². The predicted molar refractivity (Wildman–Crippen MR) is 104 cm³/mol. The number of nitrogens with one attached hydrogen (secondary N) is 1. The number of fused-ring (bicyclic) bond motifs is 1. The van der Waals surface area contributed by atoms with Gasteiger partial charge >= 0.3 is 5.97 Å². The molecule has 0 atom stereocenters. The van der Waals surface area contributed by atoms with E-state index in [1.54, 1.807) is 12.1 Å². The minimum Gasteiger partial charge on any atom is -0.486 e. The molecule has 0 spiro atoms. The largest absolute Gasteiger partial charge is 0.486 e. The van der Waals surface area contributed by atoms with E-state index < -0.39 is 18.5 Å². The van der Waals surface area contributed by atoms with Gasteiger partial charge in [0.05, 0.1) is 5.56 Å². The van der Waals surface area contributed by atoms with Crippen molar-refractivity contribution in [3.05, 3.63) is 47.0 Å². The van der Waals surface area contributed by atoms with E-state index in [0.29, 0.717) is 30.4 Å². The number of esters is 1. The molecule has 3 rings (SSSR count). The van der Waals surface area contributed by atoms with Crippen LogP contribution in [0.2, 0.25) is 0 Å². The molecule has 1 amide bonds. The Labute approximate surface area is 166 Å². The molecule has 28 heavy (non-hydrogen) atoms. The van der Waals surface area contributed by atoms with Gasteiger partial charge in [-0.25, -0.2) is 4.79 Å². The summed E-state index contributed by atoms with van der Waals surface area (Å²) in [6, 6.07) is 8.37. The lowest BCUT2D eigenvalue weighted by Crippen LogP contribution is -2.22. The fourth-order valence-corrected chi connectivity index (χ4v) is 3.37. The van der Waals surface area contributed by atoms with E-state index in [2.05, 4.69) is 5.32 Å². The number of benzene rings is 2. The number of rotatable bonds is 5. The van der Waals surface area contributed by atoms with Crippen LogP contribution in [-0.4, -0.2) is 31.7 Å². The number of hydrogen-bond donors (Lipinski definition) is 1. The summed E-state index contributed by atoms with van der Waals surface area (Å²) in [5.41, 5.74) is 2.57. The van der Waals surface area contributed by atoms with Gasteiger partial charge in [-0.05, 0) is 67.1 Å². The van der Waals surface area contributed by atoms with Crippen molar-refractivity contribution < 1.29 is 23.8 Å². The Kier molecular flexibility index (Phi) is 6.06. The summed E-state index contributed by atoms with van der Waals surface area (Å²) in [6.07, 6.45) is 0. The summed E-state index contributed by atoms with van der Waals surface area (Å²) < 4.78 is 15.9. The average molecular weight is 398 g/mol. The Morgan fingerprint density at radius 2 is 1.82 bits per heavy atom. The molecule has 7 nitrogen and oxygen atoms in total. The van der Waals surface area contributed by atoms with E-state index in [1.165, 1.54) is 6.07 Å². The predicted octanol–water partition coefficient (Wildman–Crippen LogP) is 3.44. The van der Waals surface area contributed by atoms with Crippen LogP contribution in [0, 0.1) is 24.5 Å². The van der Waals surface area contributed by atoms with Crippen molar-refractivity contribution in [2.75, 3.05) is 25.1 Å². The Morgan fingerprint density at radius 3 is 2.50 bits per heavy atom. The summed E-state index contributed by atoms with van der Waals surface area (Å²) in [6.45, 7) is 4.14. The molecule has 2 aromatic carbocycles. The summed E-state index contributed by atoms with van der Waals surface area (Å²) >= 11 is 1.06. The smallest absolute Gasteiger partial charge is 0.338 e. The number of carbonyl (C=O) groups excluding carboxylic acids is 2. The first-order valence-corrected chi connectivity index (χ1v) is 9.33. The number of hydrogen-bond acceptors (Lipinski definition) is 7. The van der Waals surface area contributed by atoms with Gasteiger partial charge in [0, 0.05) is 10.6 Å². The summed E-state index contributed by atoms with van der Waals surface area (Å²) in [4.78, 5) is 25.2. The molecule has 1 aliphatic rings. The number of ether oxygens (including phenoxy) is 3. The lowest BCUT2D eigenvalue weighted by atomic mass is 10.1. The van der Waals surface area contributed by atoms with E-state index in [-0.39, 0.29) is 5.56 Å². The molecule has 0 aliphatic carbocycles. The van der Waals surface area contributed by atoms with E-state index in [9.17, 15) is 9.59 Å². The number of nitriles is 1. The number of anilines is 1. The molecule has 0 bridgehead atoms. The van der Waals surface area contributed by atoms with E-state index in [1.807, 2.05) is 31.4 Å². The maximum Gasteiger partial charge on any atom is 0.338 e. The molecule has 1 aliphatic heterocycles. The third-order valence-corrected chi connectivity index (χ3v) is 4.61. The second-order valence-electron chi connectivity index (χ2n) is 6.11. The minimum atomic E-state index is -0.624. The molecule has 1 heterocycles. The van der Waals surface area contributed by atoms with Crippen LogP contribution in [0.1, 0.15) is 21.5 Å². The number of aryl methyl sites for hydroxylation is 2. The molecule has 0 unspecified atom stereocenters. The highest BCUT2D eigenvalue weighted by molar-refractivity contribution is 8.03. The standard InChI is InChI=1S/C20H18N2O5S/c1-12-7-15(28-11-21)8-13(2)19(12)22-18(23)10-27-20(24)14-3-4-16-17(9-14)26-6-5-25-16/h3-4,7-9H,5-6,10H2,1-2H3,(H,22,23).